The summed E-state index contributed by atoms with van der Waals surface area (Å²) in [5, 5.41) is 8.19. The molecule has 0 spiro atoms. The monoisotopic (exact) mass is 219 g/mol. The first-order chi connectivity index (χ1) is 6.72. The van der Waals surface area contributed by atoms with Gasteiger partial charge in [0.25, 0.3) is 0 Å². The molecule has 0 atom stereocenters. The molecule has 0 aromatic carbocycles. The molecule has 6 heteroatoms. The van der Waals surface area contributed by atoms with E-state index in [1.807, 2.05) is 0 Å². The van der Waals surface area contributed by atoms with Crippen LogP contribution in [0.25, 0.3) is 0 Å². The number of rotatable bonds is 3. The van der Waals surface area contributed by atoms with Crippen molar-refractivity contribution >= 4 is 12.2 Å². The average molecular weight is 219 g/mol. The maximum atomic E-state index is 11.3. The maximum Gasteiger partial charge on any atom is 0.505 e. The van der Waals surface area contributed by atoms with Crippen molar-refractivity contribution in [3.63, 3.8) is 0 Å². The standard InChI is InChI=1S/C9H17NO5/c1-9(2,3)15-7(11)10(4)5-6-14-8(12)13/h5-6H2,1-4H3,(H,12,13). The van der Waals surface area contributed by atoms with Gasteiger partial charge in [-0.15, -0.1) is 0 Å². The van der Waals surface area contributed by atoms with Crippen LogP contribution < -0.4 is 0 Å². The number of carboxylic acid groups (broad SMARTS) is 1. The number of hydrogen-bond acceptors (Lipinski definition) is 4. The first-order valence-corrected chi connectivity index (χ1v) is 4.52. The molecule has 0 saturated heterocycles. The predicted molar refractivity (Wildman–Crippen MR) is 52.8 cm³/mol. The summed E-state index contributed by atoms with van der Waals surface area (Å²) in [5.41, 5.74) is -0.557. The van der Waals surface area contributed by atoms with E-state index in [2.05, 4.69) is 4.74 Å². The topological polar surface area (TPSA) is 76.1 Å². The zero-order valence-electron chi connectivity index (χ0n) is 9.44. The van der Waals surface area contributed by atoms with E-state index in [4.69, 9.17) is 9.84 Å². The van der Waals surface area contributed by atoms with Crippen LogP contribution in [0.2, 0.25) is 0 Å². The van der Waals surface area contributed by atoms with Gasteiger partial charge in [-0.1, -0.05) is 0 Å². The number of carbonyl (C=O) groups excluding carboxylic acids is 1. The molecule has 0 rings (SSSR count). The minimum atomic E-state index is -1.35. The van der Waals surface area contributed by atoms with Gasteiger partial charge in [-0.2, -0.15) is 0 Å². The number of likely N-dealkylation sites (N-methyl/N-ethyl adjacent to an activating group) is 1. The molecule has 0 saturated carbocycles. The highest BCUT2D eigenvalue weighted by molar-refractivity contribution is 5.67. The summed E-state index contributed by atoms with van der Waals surface area (Å²) in [6.07, 6.45) is -1.86. The van der Waals surface area contributed by atoms with Gasteiger partial charge in [-0.3, -0.25) is 0 Å². The second-order valence-corrected chi connectivity index (χ2v) is 4.02. The lowest BCUT2D eigenvalue weighted by Crippen LogP contribution is -2.36. The molecule has 0 bridgehead atoms. The van der Waals surface area contributed by atoms with E-state index in [9.17, 15) is 9.59 Å². The molecule has 0 aliphatic carbocycles. The van der Waals surface area contributed by atoms with Crippen molar-refractivity contribution in [3.8, 4) is 0 Å². The third-order valence-corrected chi connectivity index (χ3v) is 1.36. The maximum absolute atomic E-state index is 11.3. The SMILES string of the molecule is CN(CCOC(=O)O)C(=O)OC(C)(C)C. The van der Waals surface area contributed by atoms with Crippen LogP contribution in [-0.4, -0.2) is 48.1 Å². The van der Waals surface area contributed by atoms with Gasteiger partial charge in [0.05, 0.1) is 6.54 Å². The molecule has 1 amide bonds. The van der Waals surface area contributed by atoms with E-state index in [0.29, 0.717) is 0 Å². The van der Waals surface area contributed by atoms with Crippen molar-refractivity contribution in [2.24, 2.45) is 0 Å². The van der Waals surface area contributed by atoms with Crippen LogP contribution in [0.4, 0.5) is 9.59 Å². The minimum absolute atomic E-state index is 0.0644. The third-order valence-electron chi connectivity index (χ3n) is 1.36. The summed E-state index contributed by atoms with van der Waals surface area (Å²) in [5.74, 6) is 0. The van der Waals surface area contributed by atoms with Gasteiger partial charge >= 0.3 is 12.2 Å². The Morgan fingerprint density at radius 2 is 1.87 bits per heavy atom. The second-order valence-electron chi connectivity index (χ2n) is 4.02. The van der Waals surface area contributed by atoms with E-state index >= 15 is 0 Å². The molecule has 0 aromatic rings. The molecule has 0 fully saturated rings. The number of hydrogen-bond donors (Lipinski definition) is 1. The van der Waals surface area contributed by atoms with Crippen LogP contribution in [-0.2, 0) is 9.47 Å². The van der Waals surface area contributed by atoms with Crippen LogP contribution in [0.15, 0.2) is 0 Å². The number of nitrogens with zero attached hydrogens (tertiary/aromatic N) is 1. The molecular weight excluding hydrogens is 202 g/mol. The van der Waals surface area contributed by atoms with Gasteiger partial charge in [0.1, 0.15) is 12.2 Å². The van der Waals surface area contributed by atoms with Gasteiger partial charge in [0.15, 0.2) is 0 Å². The Labute approximate surface area is 88.8 Å². The summed E-state index contributed by atoms with van der Waals surface area (Å²) in [6, 6.07) is 0. The minimum Gasteiger partial charge on any atom is -0.450 e. The Morgan fingerprint density at radius 3 is 2.27 bits per heavy atom. The predicted octanol–water partition coefficient (Wildman–Crippen LogP) is 1.55. The quantitative estimate of drug-likeness (QED) is 0.729. The molecule has 6 nitrogen and oxygen atoms in total. The Bertz CT molecular complexity index is 233. The zero-order valence-corrected chi connectivity index (χ0v) is 9.44. The summed E-state index contributed by atoms with van der Waals surface area (Å²) >= 11 is 0. The fourth-order valence-electron chi connectivity index (χ4n) is 0.701. The highest BCUT2D eigenvalue weighted by Gasteiger charge is 2.19. The summed E-state index contributed by atoms with van der Waals surface area (Å²) in [4.78, 5) is 22.6. The molecule has 0 aliphatic heterocycles. The molecule has 1 N–H and O–H groups in total. The fraction of sp³-hybridized carbons (Fsp3) is 0.778. The fourth-order valence-corrected chi connectivity index (χ4v) is 0.701. The molecule has 0 aromatic heterocycles. The molecule has 0 unspecified atom stereocenters. The van der Waals surface area contributed by atoms with Crippen molar-refractivity contribution in [2.75, 3.05) is 20.2 Å². The van der Waals surface area contributed by atoms with Crippen molar-refractivity contribution in [1.82, 2.24) is 4.90 Å². The van der Waals surface area contributed by atoms with Crippen LogP contribution in [0.1, 0.15) is 20.8 Å². The number of carbonyl (C=O) groups is 2. The molecule has 15 heavy (non-hydrogen) atoms. The summed E-state index contributed by atoms with van der Waals surface area (Å²) in [6.45, 7) is 5.37. The van der Waals surface area contributed by atoms with Gasteiger partial charge in [0, 0.05) is 7.05 Å². The second kappa shape index (κ2) is 5.43. The highest BCUT2D eigenvalue weighted by Crippen LogP contribution is 2.08. The molecule has 88 valence electrons. The Morgan fingerprint density at radius 1 is 1.33 bits per heavy atom. The summed E-state index contributed by atoms with van der Waals surface area (Å²) < 4.78 is 9.30. The number of amides is 1. The number of ether oxygens (including phenoxy) is 2. The van der Waals surface area contributed by atoms with Crippen LogP contribution in [0.3, 0.4) is 0 Å². The van der Waals surface area contributed by atoms with Crippen molar-refractivity contribution < 1.29 is 24.2 Å². The molecule has 0 radical (unpaired) electrons. The van der Waals surface area contributed by atoms with E-state index in [1.54, 1.807) is 20.8 Å². The third kappa shape index (κ3) is 7.60. The van der Waals surface area contributed by atoms with E-state index in [1.165, 1.54) is 11.9 Å². The zero-order chi connectivity index (χ0) is 12.1. The van der Waals surface area contributed by atoms with Crippen LogP contribution >= 0.6 is 0 Å². The van der Waals surface area contributed by atoms with Gasteiger partial charge in [-0.05, 0) is 20.8 Å². The van der Waals surface area contributed by atoms with Crippen LogP contribution in [0.5, 0.6) is 0 Å². The largest absolute Gasteiger partial charge is 0.505 e. The summed E-state index contributed by atoms with van der Waals surface area (Å²) in [7, 11) is 1.51. The molecule has 0 aliphatic rings. The van der Waals surface area contributed by atoms with Gasteiger partial charge < -0.3 is 19.5 Å². The van der Waals surface area contributed by atoms with Gasteiger partial charge in [-0.25, -0.2) is 9.59 Å². The lowest BCUT2D eigenvalue weighted by atomic mass is 10.2. The average Bonchev–Trinajstić information content (AvgIpc) is 1.99. The van der Waals surface area contributed by atoms with Crippen molar-refractivity contribution in [2.45, 2.75) is 26.4 Å². The van der Waals surface area contributed by atoms with E-state index in [0.717, 1.165) is 0 Å². The normalized spacial score (nSPS) is 10.7. The lowest BCUT2D eigenvalue weighted by Gasteiger charge is -2.24. The van der Waals surface area contributed by atoms with E-state index in [-0.39, 0.29) is 13.2 Å². The molecule has 0 heterocycles. The first kappa shape index (κ1) is 13.5. The Kier molecular flexibility index (Phi) is 4.90. The Hall–Kier alpha value is -1.46. The molecular formula is C9H17NO5. The van der Waals surface area contributed by atoms with Crippen LogP contribution in [0, 0.1) is 0 Å². The first-order valence-electron chi connectivity index (χ1n) is 4.52. The van der Waals surface area contributed by atoms with E-state index < -0.39 is 17.8 Å². The highest BCUT2D eigenvalue weighted by atomic mass is 16.7. The lowest BCUT2D eigenvalue weighted by molar-refractivity contribution is 0.0237. The van der Waals surface area contributed by atoms with Crippen molar-refractivity contribution in [1.29, 1.82) is 0 Å². The van der Waals surface area contributed by atoms with Crippen molar-refractivity contribution in [3.05, 3.63) is 0 Å². The Balaban J connectivity index is 3.85. The van der Waals surface area contributed by atoms with Gasteiger partial charge in [0.2, 0.25) is 0 Å². The smallest absolute Gasteiger partial charge is 0.450 e.